The standard InChI is InChI=1S/C27H24ClF2N7O2S/c1-3-19(38)37-10-13(11-37)32-25-16-9-17(28)20(15-6-7-18(29)24-23(15)33-26(31)40-24)21(30)22(16)34-27(35-25)39-12-14-5-4-8-36(14)2/h1,6-7,9,13-14H,4-5,8,10-12H2,2H3,(H2,31,33)(H,32,34,35). The van der Waals surface area contributed by atoms with Crippen molar-refractivity contribution in [2.75, 3.05) is 44.3 Å². The van der Waals surface area contributed by atoms with E-state index in [-0.39, 0.29) is 49.5 Å². The minimum absolute atomic E-state index is 0.000471. The molecule has 40 heavy (non-hydrogen) atoms. The van der Waals surface area contributed by atoms with E-state index in [9.17, 15) is 9.18 Å². The number of anilines is 2. The number of rotatable bonds is 6. The van der Waals surface area contributed by atoms with Crippen molar-refractivity contribution >= 4 is 60.9 Å². The lowest BCUT2D eigenvalue weighted by molar-refractivity contribution is -0.128. The number of fused-ring (bicyclic) bond motifs is 2. The van der Waals surface area contributed by atoms with Gasteiger partial charge in [-0.1, -0.05) is 22.9 Å². The number of nitrogens with two attached hydrogens (primary N) is 1. The highest BCUT2D eigenvalue weighted by Gasteiger charge is 2.31. The monoisotopic (exact) mass is 583 g/mol. The number of aromatic nitrogens is 3. The lowest BCUT2D eigenvalue weighted by Gasteiger charge is -2.38. The first-order chi connectivity index (χ1) is 19.2. The lowest BCUT2D eigenvalue weighted by atomic mass is 10.0. The molecule has 13 heteroatoms. The second kappa shape index (κ2) is 10.3. The van der Waals surface area contributed by atoms with Crippen LogP contribution in [0.5, 0.6) is 6.01 Å². The Bertz CT molecular complexity index is 1700. The molecule has 1 amide bonds. The maximum absolute atomic E-state index is 16.4. The van der Waals surface area contributed by atoms with Gasteiger partial charge in [-0.25, -0.2) is 13.8 Å². The molecule has 0 spiro atoms. The molecule has 2 saturated heterocycles. The summed E-state index contributed by atoms with van der Waals surface area (Å²) in [6.45, 7) is 2.04. The van der Waals surface area contributed by atoms with Gasteiger partial charge in [0.1, 0.15) is 23.8 Å². The SMILES string of the molecule is C#CC(=O)N1CC(Nc2nc(OCC3CCCN3C)nc3c(F)c(-c4ccc(F)c5sc(N)nc45)c(Cl)cc23)C1. The number of thiazole rings is 1. The van der Waals surface area contributed by atoms with E-state index in [0.717, 1.165) is 30.7 Å². The fourth-order valence-corrected chi connectivity index (χ4v) is 6.23. The van der Waals surface area contributed by atoms with Crippen LogP contribution in [0.4, 0.5) is 19.7 Å². The van der Waals surface area contributed by atoms with Gasteiger partial charge in [-0.3, -0.25) is 4.79 Å². The summed E-state index contributed by atoms with van der Waals surface area (Å²) in [5, 5.41) is 3.80. The molecule has 9 nitrogen and oxygen atoms in total. The Balaban J connectivity index is 1.43. The quantitative estimate of drug-likeness (QED) is 0.326. The number of likely N-dealkylation sites (tertiary alicyclic amines) is 2. The molecule has 6 rings (SSSR count). The van der Waals surface area contributed by atoms with Crippen LogP contribution < -0.4 is 15.8 Å². The van der Waals surface area contributed by atoms with Crippen molar-refractivity contribution in [3.63, 3.8) is 0 Å². The van der Waals surface area contributed by atoms with Gasteiger partial charge in [-0.05, 0) is 50.6 Å². The van der Waals surface area contributed by atoms with Crippen LogP contribution in [0, 0.1) is 24.0 Å². The van der Waals surface area contributed by atoms with Crippen molar-refractivity contribution in [3.8, 4) is 29.5 Å². The Morgan fingerprint density at radius 3 is 2.83 bits per heavy atom. The molecule has 2 aromatic heterocycles. The third kappa shape index (κ3) is 4.64. The maximum atomic E-state index is 16.4. The first kappa shape index (κ1) is 26.4. The zero-order valence-electron chi connectivity index (χ0n) is 21.4. The molecule has 0 saturated carbocycles. The second-order valence-electron chi connectivity index (χ2n) is 9.91. The van der Waals surface area contributed by atoms with Gasteiger partial charge in [-0.15, -0.1) is 6.42 Å². The van der Waals surface area contributed by atoms with Gasteiger partial charge in [0.15, 0.2) is 10.9 Å². The van der Waals surface area contributed by atoms with E-state index < -0.39 is 17.5 Å². The smallest absolute Gasteiger partial charge is 0.319 e. The Morgan fingerprint density at radius 1 is 1.30 bits per heavy atom. The van der Waals surface area contributed by atoms with Gasteiger partial charge in [-0.2, -0.15) is 9.97 Å². The number of benzene rings is 2. The number of ether oxygens (including phenoxy) is 1. The van der Waals surface area contributed by atoms with Gasteiger partial charge in [0.25, 0.3) is 5.91 Å². The van der Waals surface area contributed by atoms with Gasteiger partial charge in [0.2, 0.25) is 0 Å². The Kier molecular flexibility index (Phi) is 6.82. The second-order valence-corrected chi connectivity index (χ2v) is 11.3. The third-order valence-corrected chi connectivity index (χ3v) is 8.54. The number of halogens is 3. The molecule has 2 fully saturated rings. The summed E-state index contributed by atoms with van der Waals surface area (Å²) >= 11 is 7.62. The van der Waals surface area contributed by atoms with E-state index in [1.807, 2.05) is 7.05 Å². The normalized spacial score (nSPS) is 17.8. The molecule has 4 aromatic rings. The molecule has 4 heterocycles. The summed E-state index contributed by atoms with van der Waals surface area (Å²) in [5.41, 5.74) is 6.34. The van der Waals surface area contributed by atoms with E-state index >= 15 is 4.39 Å². The number of hydrogen-bond acceptors (Lipinski definition) is 9. The van der Waals surface area contributed by atoms with Crippen molar-refractivity contribution < 1.29 is 18.3 Å². The number of hydrogen-bond donors (Lipinski definition) is 2. The number of carbonyl (C=O) groups is 1. The topological polar surface area (TPSA) is 110 Å². The van der Waals surface area contributed by atoms with Crippen molar-refractivity contribution in [1.82, 2.24) is 24.8 Å². The molecular formula is C27H24ClF2N7O2S. The number of nitrogen functional groups attached to an aromatic ring is 1. The highest BCUT2D eigenvalue weighted by molar-refractivity contribution is 7.22. The van der Waals surface area contributed by atoms with Crippen LogP contribution in [0.1, 0.15) is 12.8 Å². The van der Waals surface area contributed by atoms with Gasteiger partial charge < -0.3 is 25.6 Å². The Morgan fingerprint density at radius 2 is 2.10 bits per heavy atom. The van der Waals surface area contributed by atoms with Crippen LogP contribution >= 0.6 is 22.9 Å². The van der Waals surface area contributed by atoms with Crippen molar-refractivity contribution in [2.24, 2.45) is 0 Å². The molecule has 2 aliphatic heterocycles. The highest BCUT2D eigenvalue weighted by atomic mass is 35.5. The fourth-order valence-electron chi connectivity index (χ4n) is 5.17. The zero-order valence-corrected chi connectivity index (χ0v) is 23.0. The molecule has 206 valence electrons. The Hall–Kier alpha value is -3.79. The van der Waals surface area contributed by atoms with Gasteiger partial charge in [0.05, 0.1) is 21.3 Å². The Labute approximate surface area is 237 Å². The molecule has 0 radical (unpaired) electrons. The number of amides is 1. The molecule has 1 unspecified atom stereocenters. The summed E-state index contributed by atoms with van der Waals surface area (Å²) < 4.78 is 37.0. The largest absolute Gasteiger partial charge is 0.462 e. The summed E-state index contributed by atoms with van der Waals surface area (Å²) in [6.07, 6.45) is 7.26. The fraction of sp³-hybridized carbons (Fsp3) is 0.333. The lowest BCUT2D eigenvalue weighted by Crippen LogP contribution is -2.56. The molecule has 1 atom stereocenters. The van der Waals surface area contributed by atoms with Crippen LogP contribution in [0.25, 0.3) is 32.2 Å². The number of terminal acetylenes is 1. The number of nitrogens with one attached hydrogen (secondary N) is 1. The summed E-state index contributed by atoms with van der Waals surface area (Å²) in [5.74, 6) is 0.771. The minimum atomic E-state index is -0.729. The van der Waals surface area contributed by atoms with Crippen LogP contribution in [0.15, 0.2) is 18.2 Å². The molecule has 3 N–H and O–H groups in total. The summed E-state index contributed by atoms with van der Waals surface area (Å²) in [7, 11) is 2.03. The molecule has 0 bridgehead atoms. The van der Waals surface area contributed by atoms with Crippen LogP contribution in [0.2, 0.25) is 5.02 Å². The van der Waals surface area contributed by atoms with Crippen molar-refractivity contribution in [3.05, 3.63) is 34.9 Å². The number of likely N-dealkylation sites (N-methyl/N-ethyl adjacent to an activating group) is 1. The maximum Gasteiger partial charge on any atom is 0.319 e. The van der Waals surface area contributed by atoms with E-state index in [1.165, 1.54) is 17.0 Å². The van der Waals surface area contributed by atoms with Crippen LogP contribution in [-0.2, 0) is 4.79 Å². The van der Waals surface area contributed by atoms with Gasteiger partial charge >= 0.3 is 6.01 Å². The molecular weight excluding hydrogens is 560 g/mol. The van der Waals surface area contributed by atoms with Crippen LogP contribution in [-0.4, -0.2) is 76.0 Å². The number of nitrogens with zero attached hydrogens (tertiary/aromatic N) is 5. The minimum Gasteiger partial charge on any atom is -0.462 e. The first-order valence-corrected chi connectivity index (χ1v) is 13.8. The molecule has 2 aromatic carbocycles. The van der Waals surface area contributed by atoms with Crippen LogP contribution in [0.3, 0.4) is 0 Å². The predicted octanol–water partition coefficient (Wildman–Crippen LogP) is 4.15. The average molecular weight is 584 g/mol. The van der Waals surface area contributed by atoms with Gasteiger partial charge in [0, 0.05) is 35.6 Å². The zero-order chi connectivity index (χ0) is 28.1. The van der Waals surface area contributed by atoms with E-state index in [1.54, 1.807) is 6.07 Å². The summed E-state index contributed by atoms with van der Waals surface area (Å²) in [6, 6.07) is 4.24. The highest BCUT2D eigenvalue weighted by Crippen LogP contribution is 2.42. The van der Waals surface area contributed by atoms with E-state index in [0.29, 0.717) is 36.5 Å². The molecule has 0 aliphatic carbocycles. The predicted molar refractivity (Wildman–Crippen MR) is 151 cm³/mol. The van der Waals surface area contributed by atoms with E-state index in [4.69, 9.17) is 28.5 Å². The third-order valence-electron chi connectivity index (χ3n) is 7.35. The first-order valence-electron chi connectivity index (χ1n) is 12.6. The number of carbonyl (C=O) groups excluding carboxylic acids is 1. The van der Waals surface area contributed by atoms with Crippen molar-refractivity contribution in [2.45, 2.75) is 24.9 Å². The average Bonchev–Trinajstić information content (AvgIpc) is 3.51. The molecule has 2 aliphatic rings. The summed E-state index contributed by atoms with van der Waals surface area (Å²) in [4.78, 5) is 28.7. The van der Waals surface area contributed by atoms with E-state index in [2.05, 4.69) is 31.1 Å². The van der Waals surface area contributed by atoms with Crippen molar-refractivity contribution in [1.29, 1.82) is 0 Å².